The Morgan fingerprint density at radius 2 is 1.84 bits per heavy atom. The Kier molecular flexibility index (Phi) is 7.05. The Morgan fingerprint density at radius 3 is 2.42 bits per heavy atom. The van der Waals surface area contributed by atoms with Gasteiger partial charge in [0.25, 0.3) is 8.32 Å². The predicted molar refractivity (Wildman–Crippen MR) is 131 cm³/mol. The molecule has 1 saturated heterocycles. The molecule has 0 atom stereocenters. The molecule has 0 radical (unpaired) electrons. The fourth-order valence-electron chi connectivity index (χ4n) is 3.21. The molecule has 1 fully saturated rings. The second-order valence-electron chi connectivity index (χ2n) is 9.53. The number of rotatable bonds is 6. The van der Waals surface area contributed by atoms with Crippen molar-refractivity contribution in [2.45, 2.75) is 57.0 Å². The quantitative estimate of drug-likeness (QED) is 0.548. The normalized spacial score (nSPS) is 16.2. The van der Waals surface area contributed by atoms with Gasteiger partial charge in [-0.3, -0.25) is 9.71 Å². The molecule has 0 amide bonds. The van der Waals surface area contributed by atoms with Gasteiger partial charge in [-0.25, -0.2) is 8.42 Å². The number of sulfonamides is 1. The summed E-state index contributed by atoms with van der Waals surface area (Å²) in [4.78, 5) is 4.55. The van der Waals surface area contributed by atoms with Crippen LogP contribution in [0.25, 0.3) is 11.3 Å². The number of piperidine rings is 1. The van der Waals surface area contributed by atoms with Gasteiger partial charge in [-0.2, -0.15) is 0 Å². The van der Waals surface area contributed by atoms with Crippen molar-refractivity contribution in [2.75, 3.05) is 17.8 Å². The third-order valence-electron chi connectivity index (χ3n) is 6.15. The maximum atomic E-state index is 12.9. The van der Waals surface area contributed by atoms with Gasteiger partial charge in [0.2, 0.25) is 10.0 Å². The molecule has 0 saturated carbocycles. The summed E-state index contributed by atoms with van der Waals surface area (Å²) in [6.45, 7) is 12.3. The summed E-state index contributed by atoms with van der Waals surface area (Å²) in [7, 11) is -5.48. The highest BCUT2D eigenvalue weighted by Gasteiger charge is 2.39. The van der Waals surface area contributed by atoms with Crippen molar-refractivity contribution < 1.29 is 12.8 Å². The third kappa shape index (κ3) is 5.80. The maximum absolute atomic E-state index is 12.9. The average molecular weight is 482 g/mol. The van der Waals surface area contributed by atoms with Crippen LogP contribution in [0.4, 0.5) is 5.69 Å². The maximum Gasteiger partial charge on any atom is 0.250 e. The second-order valence-corrected chi connectivity index (χ2v) is 16.6. The van der Waals surface area contributed by atoms with E-state index >= 15 is 0 Å². The molecule has 9 heteroatoms. The zero-order valence-corrected chi connectivity index (χ0v) is 21.4. The van der Waals surface area contributed by atoms with E-state index in [2.05, 4.69) is 48.9 Å². The van der Waals surface area contributed by atoms with E-state index in [1.807, 2.05) is 12.1 Å². The number of benzene rings is 1. The molecule has 1 aromatic heterocycles. The van der Waals surface area contributed by atoms with Gasteiger partial charge < -0.3 is 9.74 Å². The highest BCUT2D eigenvalue weighted by atomic mass is 35.5. The summed E-state index contributed by atoms with van der Waals surface area (Å²) in [5, 5.41) is 3.38. The van der Waals surface area contributed by atoms with Crippen LogP contribution in [-0.2, 0) is 10.0 Å². The summed E-state index contributed by atoms with van der Waals surface area (Å²) in [5.74, 6) is 0.717. The minimum atomic E-state index is -3.51. The van der Waals surface area contributed by atoms with Gasteiger partial charge in [-0.15, -0.1) is 0 Å². The van der Waals surface area contributed by atoms with Gasteiger partial charge in [-0.05, 0) is 74.4 Å². The van der Waals surface area contributed by atoms with Crippen LogP contribution in [0.3, 0.4) is 0 Å². The van der Waals surface area contributed by atoms with Crippen LogP contribution in [0.2, 0.25) is 23.2 Å². The highest BCUT2D eigenvalue weighted by molar-refractivity contribution is 7.93. The van der Waals surface area contributed by atoms with E-state index in [0.29, 0.717) is 53.6 Å². The molecule has 2 N–H and O–H groups in total. The summed E-state index contributed by atoms with van der Waals surface area (Å²) in [6.07, 6.45) is 2.88. The highest BCUT2D eigenvalue weighted by Crippen LogP contribution is 2.38. The molecule has 3 rings (SSSR count). The number of hydrogen-bond donors (Lipinski definition) is 2. The Balaban J connectivity index is 1.87. The van der Waals surface area contributed by atoms with E-state index in [1.54, 1.807) is 24.4 Å². The SMILES string of the molecule is CC(C)(C)[Si](C)(C)Oc1ccc(-c2cc(Cl)ccc2NS(=O)(=O)C2CCNCC2)nc1. The van der Waals surface area contributed by atoms with Gasteiger partial charge in [-0.1, -0.05) is 32.4 Å². The van der Waals surface area contributed by atoms with E-state index < -0.39 is 23.6 Å². The van der Waals surface area contributed by atoms with Crippen molar-refractivity contribution >= 4 is 35.6 Å². The number of pyridine rings is 1. The molecular weight excluding hydrogens is 450 g/mol. The van der Waals surface area contributed by atoms with E-state index in [9.17, 15) is 8.42 Å². The van der Waals surface area contributed by atoms with E-state index in [0.717, 1.165) is 0 Å². The van der Waals surface area contributed by atoms with Crippen LogP contribution in [0.1, 0.15) is 33.6 Å². The van der Waals surface area contributed by atoms with Gasteiger partial charge in [0, 0.05) is 10.6 Å². The summed E-state index contributed by atoms with van der Waals surface area (Å²) < 4.78 is 34.9. The molecule has 2 aromatic rings. The summed E-state index contributed by atoms with van der Waals surface area (Å²) in [6, 6.07) is 8.84. The fourth-order valence-corrected chi connectivity index (χ4v) is 5.90. The first-order valence-electron chi connectivity index (χ1n) is 10.6. The molecule has 0 spiro atoms. The van der Waals surface area contributed by atoms with Gasteiger partial charge in [0.15, 0.2) is 0 Å². The largest absolute Gasteiger partial charge is 0.542 e. The van der Waals surface area contributed by atoms with E-state index in [1.165, 1.54) is 0 Å². The molecule has 31 heavy (non-hydrogen) atoms. The molecule has 2 heterocycles. The molecule has 170 valence electrons. The second kappa shape index (κ2) is 9.09. The zero-order valence-electron chi connectivity index (χ0n) is 18.8. The Labute approximate surface area is 191 Å². The zero-order chi connectivity index (χ0) is 22.9. The Bertz CT molecular complexity index is 1020. The first-order chi connectivity index (χ1) is 14.4. The topological polar surface area (TPSA) is 80.3 Å². The molecule has 1 aliphatic heterocycles. The molecule has 6 nitrogen and oxygen atoms in total. The van der Waals surface area contributed by atoms with Crippen LogP contribution in [-0.4, -0.2) is 40.1 Å². The molecule has 1 aliphatic rings. The molecule has 0 aliphatic carbocycles. The molecule has 1 aromatic carbocycles. The first-order valence-corrected chi connectivity index (χ1v) is 15.4. The Hall–Kier alpha value is -1.61. The minimum absolute atomic E-state index is 0.0821. The minimum Gasteiger partial charge on any atom is -0.542 e. The van der Waals surface area contributed by atoms with E-state index in [-0.39, 0.29) is 5.04 Å². The van der Waals surface area contributed by atoms with Crippen molar-refractivity contribution in [1.29, 1.82) is 0 Å². The van der Waals surface area contributed by atoms with Crippen LogP contribution in [0, 0.1) is 0 Å². The summed E-state index contributed by atoms with van der Waals surface area (Å²) >= 11 is 6.22. The van der Waals surface area contributed by atoms with Crippen molar-refractivity contribution in [2.24, 2.45) is 0 Å². The number of anilines is 1. The van der Waals surface area contributed by atoms with Crippen molar-refractivity contribution in [3.05, 3.63) is 41.6 Å². The molecule has 0 unspecified atom stereocenters. The fraction of sp³-hybridized carbons (Fsp3) is 0.500. The molecule has 0 bridgehead atoms. The lowest BCUT2D eigenvalue weighted by Crippen LogP contribution is -2.43. The molecular formula is C22H32ClN3O3SSi. The third-order valence-corrected chi connectivity index (χ3v) is 12.6. The van der Waals surface area contributed by atoms with Gasteiger partial charge in [0.1, 0.15) is 5.75 Å². The number of halogens is 1. The lowest BCUT2D eigenvalue weighted by molar-refractivity contribution is 0.490. The van der Waals surface area contributed by atoms with Gasteiger partial charge >= 0.3 is 0 Å². The van der Waals surface area contributed by atoms with Crippen LogP contribution >= 0.6 is 11.6 Å². The predicted octanol–water partition coefficient (Wildman–Crippen LogP) is 5.28. The van der Waals surface area contributed by atoms with Crippen molar-refractivity contribution in [3.63, 3.8) is 0 Å². The van der Waals surface area contributed by atoms with Crippen LogP contribution in [0.5, 0.6) is 5.75 Å². The monoisotopic (exact) mass is 481 g/mol. The lowest BCUT2D eigenvalue weighted by atomic mass is 10.1. The standard InChI is InChI=1S/C22H32ClN3O3SSi/c1-22(2,3)31(4,5)29-17-7-9-20(25-15-17)19-14-16(23)6-8-21(19)26-30(27,28)18-10-12-24-13-11-18/h6-9,14-15,18,24,26H,10-13H2,1-5H3. The van der Waals surface area contributed by atoms with Crippen LogP contribution < -0.4 is 14.5 Å². The number of nitrogens with zero attached hydrogens (tertiary/aromatic N) is 1. The number of hydrogen-bond acceptors (Lipinski definition) is 5. The van der Waals surface area contributed by atoms with Crippen molar-refractivity contribution in [1.82, 2.24) is 10.3 Å². The van der Waals surface area contributed by atoms with Crippen LogP contribution in [0.15, 0.2) is 36.5 Å². The number of aromatic nitrogens is 1. The number of nitrogens with one attached hydrogen (secondary N) is 2. The van der Waals surface area contributed by atoms with Gasteiger partial charge in [0.05, 0.1) is 22.8 Å². The Morgan fingerprint density at radius 1 is 1.16 bits per heavy atom. The average Bonchev–Trinajstić information content (AvgIpc) is 2.69. The smallest absolute Gasteiger partial charge is 0.250 e. The summed E-state index contributed by atoms with van der Waals surface area (Å²) in [5.41, 5.74) is 1.76. The lowest BCUT2D eigenvalue weighted by Gasteiger charge is -2.36. The van der Waals surface area contributed by atoms with E-state index in [4.69, 9.17) is 16.0 Å². The van der Waals surface area contributed by atoms with Crippen molar-refractivity contribution in [3.8, 4) is 17.0 Å². The first kappa shape index (κ1) is 24.0.